The first-order valence-corrected chi connectivity index (χ1v) is 4.41. The molecule has 0 aromatic carbocycles. The maximum absolute atomic E-state index is 9.17. The highest BCUT2D eigenvalue weighted by Crippen LogP contribution is 2.18. The molecule has 0 atom stereocenters. The van der Waals surface area contributed by atoms with Crippen molar-refractivity contribution in [1.82, 2.24) is 0 Å². The molecule has 0 fully saturated rings. The molecule has 4 N–H and O–H groups in total. The van der Waals surface area contributed by atoms with Gasteiger partial charge in [0.25, 0.3) is 0 Å². The molecule has 7 heteroatoms. The quantitative estimate of drug-likeness (QED) is 0.315. The normalized spacial score (nSPS) is 12.0. The van der Waals surface area contributed by atoms with Crippen LogP contribution in [-0.2, 0) is 14.2 Å². The zero-order valence-corrected chi connectivity index (χ0v) is 8.46. The van der Waals surface area contributed by atoms with Crippen LogP contribution in [0.1, 0.15) is 0 Å². The second-order valence-corrected chi connectivity index (χ2v) is 3.09. The lowest BCUT2D eigenvalue weighted by Crippen LogP contribution is -2.41. The van der Waals surface area contributed by atoms with Gasteiger partial charge in [0.05, 0.1) is 31.8 Å². The van der Waals surface area contributed by atoms with E-state index in [1.165, 1.54) is 0 Å². The molecule has 15 heavy (non-hydrogen) atoms. The molecular weight excluding hydrogens is 208 g/mol. The van der Waals surface area contributed by atoms with Crippen molar-refractivity contribution >= 4 is 0 Å². The Morgan fingerprint density at radius 2 is 1.00 bits per heavy atom. The third-order valence-electron chi connectivity index (χ3n) is 1.83. The second kappa shape index (κ2) is 8.98. The van der Waals surface area contributed by atoms with E-state index in [2.05, 4.69) is 0 Å². The van der Waals surface area contributed by atoms with Gasteiger partial charge in [0, 0.05) is 0 Å². The number of hydrogen-bond donors (Lipinski definition) is 4. The van der Waals surface area contributed by atoms with Gasteiger partial charge in [-0.05, 0) is 0 Å². The molecule has 0 aliphatic carbocycles. The summed E-state index contributed by atoms with van der Waals surface area (Å²) in [5.41, 5.74) is -0.895. The Hall–Kier alpha value is -0.280. The number of ether oxygens (including phenoxy) is 3. The van der Waals surface area contributed by atoms with Crippen LogP contribution in [-0.4, -0.2) is 67.2 Å². The predicted molar refractivity (Wildman–Crippen MR) is 48.6 cm³/mol. The van der Waals surface area contributed by atoms with Gasteiger partial charge in [-0.15, -0.1) is 0 Å². The second-order valence-electron chi connectivity index (χ2n) is 3.09. The van der Waals surface area contributed by atoms with Crippen molar-refractivity contribution in [2.45, 2.75) is 0 Å². The van der Waals surface area contributed by atoms with Crippen molar-refractivity contribution in [2.75, 3.05) is 46.8 Å². The Balaban J connectivity index is 4.16. The maximum atomic E-state index is 9.17. The monoisotopic (exact) mass is 226 g/mol. The minimum Gasteiger partial charge on any atom is -0.396 e. The van der Waals surface area contributed by atoms with E-state index in [0.29, 0.717) is 0 Å². The van der Waals surface area contributed by atoms with E-state index in [1.54, 1.807) is 0 Å². The summed E-state index contributed by atoms with van der Waals surface area (Å²) in [5, 5.41) is 34.6. The van der Waals surface area contributed by atoms with Crippen LogP contribution < -0.4 is 0 Å². The Labute approximate surface area is 87.8 Å². The third-order valence-corrected chi connectivity index (χ3v) is 1.83. The first kappa shape index (κ1) is 14.7. The summed E-state index contributed by atoms with van der Waals surface area (Å²) in [7, 11) is 0. The first-order chi connectivity index (χ1) is 7.24. The molecule has 0 aromatic heterocycles. The zero-order valence-electron chi connectivity index (χ0n) is 8.46. The van der Waals surface area contributed by atoms with Crippen molar-refractivity contribution in [1.29, 1.82) is 0 Å². The Morgan fingerprint density at radius 1 is 0.667 bits per heavy atom. The van der Waals surface area contributed by atoms with Crippen molar-refractivity contribution in [3.05, 3.63) is 0 Å². The van der Waals surface area contributed by atoms with Crippen LogP contribution in [0.25, 0.3) is 0 Å². The van der Waals surface area contributed by atoms with Crippen LogP contribution >= 0.6 is 0 Å². The topological polar surface area (TPSA) is 109 Å². The highest BCUT2D eigenvalue weighted by atomic mass is 16.6. The fourth-order valence-electron chi connectivity index (χ4n) is 1.05. The highest BCUT2D eigenvalue weighted by molar-refractivity contribution is 4.77. The van der Waals surface area contributed by atoms with Crippen LogP contribution in [0, 0.1) is 5.41 Å². The molecule has 0 unspecified atom stereocenters. The lowest BCUT2D eigenvalue weighted by Gasteiger charge is -2.30. The van der Waals surface area contributed by atoms with Crippen molar-refractivity contribution < 1.29 is 34.6 Å². The molecule has 0 bridgehead atoms. The van der Waals surface area contributed by atoms with Gasteiger partial charge in [-0.1, -0.05) is 0 Å². The van der Waals surface area contributed by atoms with Gasteiger partial charge in [0.1, 0.15) is 20.4 Å². The van der Waals surface area contributed by atoms with Crippen LogP contribution in [0.3, 0.4) is 0 Å². The SMILES string of the molecule is OCOCC(CO)(COCO)COCO. The molecule has 0 saturated carbocycles. The fraction of sp³-hybridized carbons (Fsp3) is 1.00. The average molecular weight is 226 g/mol. The molecule has 92 valence electrons. The van der Waals surface area contributed by atoms with E-state index in [-0.39, 0.29) is 26.4 Å². The van der Waals surface area contributed by atoms with Gasteiger partial charge >= 0.3 is 0 Å². The average Bonchev–Trinajstić information content (AvgIpc) is 2.29. The molecule has 0 spiro atoms. The fourth-order valence-corrected chi connectivity index (χ4v) is 1.05. The summed E-state index contributed by atoms with van der Waals surface area (Å²) in [6.07, 6.45) is 0. The Morgan fingerprint density at radius 3 is 1.20 bits per heavy atom. The molecule has 0 heterocycles. The summed E-state index contributed by atoms with van der Waals surface area (Å²) in [6, 6.07) is 0. The van der Waals surface area contributed by atoms with Gasteiger partial charge in [0.2, 0.25) is 0 Å². The van der Waals surface area contributed by atoms with Gasteiger partial charge in [-0.2, -0.15) is 0 Å². The first-order valence-electron chi connectivity index (χ1n) is 4.41. The van der Waals surface area contributed by atoms with E-state index in [4.69, 9.17) is 29.5 Å². The van der Waals surface area contributed by atoms with Gasteiger partial charge in [-0.3, -0.25) is 0 Å². The standard InChI is InChI=1S/C8H18O7/c9-1-8(2-13-5-10,3-14-6-11)4-15-7-12/h9-12H,1-7H2. The number of aliphatic hydroxyl groups excluding tert-OH is 4. The highest BCUT2D eigenvalue weighted by Gasteiger charge is 2.31. The zero-order chi connectivity index (χ0) is 11.6. The maximum Gasteiger partial charge on any atom is 0.143 e. The van der Waals surface area contributed by atoms with E-state index >= 15 is 0 Å². The molecule has 0 rings (SSSR count). The lowest BCUT2D eigenvalue weighted by molar-refractivity contribution is -0.146. The minimum atomic E-state index is -0.895. The Bertz CT molecular complexity index is 119. The molecule has 0 radical (unpaired) electrons. The van der Waals surface area contributed by atoms with E-state index < -0.39 is 25.8 Å². The van der Waals surface area contributed by atoms with Gasteiger partial charge < -0.3 is 34.6 Å². The molecule has 0 amide bonds. The van der Waals surface area contributed by atoms with Crippen molar-refractivity contribution in [3.8, 4) is 0 Å². The predicted octanol–water partition coefficient (Wildman–Crippen LogP) is -2.14. The molecule has 0 aliphatic heterocycles. The largest absolute Gasteiger partial charge is 0.396 e. The van der Waals surface area contributed by atoms with E-state index in [9.17, 15) is 5.11 Å². The summed E-state index contributed by atoms with van der Waals surface area (Å²) >= 11 is 0. The van der Waals surface area contributed by atoms with Gasteiger partial charge in [0.15, 0.2) is 0 Å². The molecular formula is C8H18O7. The van der Waals surface area contributed by atoms with Crippen LogP contribution in [0.2, 0.25) is 0 Å². The molecule has 0 saturated heterocycles. The third kappa shape index (κ3) is 6.00. The Kier molecular flexibility index (Phi) is 8.82. The van der Waals surface area contributed by atoms with Crippen LogP contribution in [0.4, 0.5) is 0 Å². The summed E-state index contributed by atoms with van der Waals surface area (Å²) in [6.45, 7) is -1.77. The molecule has 7 nitrogen and oxygen atoms in total. The van der Waals surface area contributed by atoms with Crippen molar-refractivity contribution in [3.63, 3.8) is 0 Å². The smallest absolute Gasteiger partial charge is 0.143 e. The summed E-state index contributed by atoms with van der Waals surface area (Å²) < 4.78 is 14.3. The summed E-state index contributed by atoms with van der Waals surface area (Å²) in [5.74, 6) is 0. The van der Waals surface area contributed by atoms with Gasteiger partial charge in [-0.25, -0.2) is 0 Å². The molecule has 0 aliphatic rings. The number of hydrogen-bond acceptors (Lipinski definition) is 7. The lowest BCUT2D eigenvalue weighted by atomic mass is 9.92. The van der Waals surface area contributed by atoms with E-state index in [1.807, 2.05) is 0 Å². The summed E-state index contributed by atoms with van der Waals surface area (Å²) in [4.78, 5) is 0. The van der Waals surface area contributed by atoms with E-state index in [0.717, 1.165) is 0 Å². The number of rotatable bonds is 10. The van der Waals surface area contributed by atoms with Crippen LogP contribution in [0.15, 0.2) is 0 Å². The minimum absolute atomic E-state index is 0. The number of aliphatic hydroxyl groups is 4. The van der Waals surface area contributed by atoms with Crippen LogP contribution in [0.5, 0.6) is 0 Å². The van der Waals surface area contributed by atoms with Crippen molar-refractivity contribution in [2.24, 2.45) is 5.41 Å². The molecule has 0 aromatic rings.